The predicted octanol–water partition coefficient (Wildman–Crippen LogP) is 6.98. The molecule has 4 nitrogen and oxygen atoms in total. The fourth-order valence-corrected chi connectivity index (χ4v) is 5.61. The van der Waals surface area contributed by atoms with E-state index < -0.39 is 0 Å². The molecule has 6 rings (SSSR count). The van der Waals surface area contributed by atoms with Crippen molar-refractivity contribution in [3.8, 4) is 0 Å². The number of hydrogen-bond acceptors (Lipinski definition) is 4. The van der Waals surface area contributed by atoms with Gasteiger partial charge in [-0.2, -0.15) is 0 Å². The summed E-state index contributed by atoms with van der Waals surface area (Å²) >= 11 is 0. The molecule has 1 aliphatic carbocycles. The van der Waals surface area contributed by atoms with Crippen molar-refractivity contribution in [2.45, 2.75) is 43.7 Å². The molecule has 0 bridgehead atoms. The average molecular weight is 540 g/mol. The molecule has 4 heteroatoms. The highest BCUT2D eigenvalue weighted by atomic mass is 16.5. The number of benzene rings is 5. The zero-order chi connectivity index (χ0) is 28.2. The summed E-state index contributed by atoms with van der Waals surface area (Å²) in [7, 11) is 0. The number of Topliss-reactive ketones (excluding diaryl/α,β-unsaturated/α-hetero) is 1. The number of carbonyl (C=O) groups excluding carboxylic acids is 2. The lowest BCUT2D eigenvalue weighted by molar-refractivity contribution is -0.144. The van der Waals surface area contributed by atoms with Crippen LogP contribution in [0, 0.1) is 0 Å². The maximum absolute atomic E-state index is 12.9. The Balaban J connectivity index is 1.00. The molecule has 0 radical (unpaired) electrons. The van der Waals surface area contributed by atoms with Crippen LogP contribution >= 0.6 is 0 Å². The minimum atomic E-state index is -0.289. The Kier molecular flexibility index (Phi) is 7.49. The molecule has 5 aromatic rings. The van der Waals surface area contributed by atoms with Crippen LogP contribution in [0.25, 0.3) is 10.8 Å². The fourth-order valence-electron chi connectivity index (χ4n) is 5.61. The smallest absolute Gasteiger partial charge is 0.310 e. The molecule has 1 aliphatic rings. The molecule has 0 aliphatic heterocycles. The van der Waals surface area contributed by atoms with Crippen LogP contribution < -0.4 is 5.73 Å². The highest BCUT2D eigenvalue weighted by Gasteiger charge is 2.51. The molecule has 0 unspecified atom stereocenters. The van der Waals surface area contributed by atoms with Crippen molar-refractivity contribution >= 4 is 22.5 Å². The number of ketones is 1. The first-order chi connectivity index (χ1) is 19.9. The Hall–Kier alpha value is -4.54. The largest absolute Gasteiger partial charge is 0.461 e. The van der Waals surface area contributed by atoms with E-state index in [-0.39, 0.29) is 30.3 Å². The van der Waals surface area contributed by atoms with Crippen molar-refractivity contribution in [3.05, 3.63) is 155 Å². The van der Waals surface area contributed by atoms with Gasteiger partial charge in [-0.15, -0.1) is 0 Å². The summed E-state index contributed by atoms with van der Waals surface area (Å²) in [6.45, 7) is 0.256. The van der Waals surface area contributed by atoms with Crippen LogP contribution in [0.15, 0.2) is 121 Å². The third kappa shape index (κ3) is 6.45. The highest BCUT2D eigenvalue weighted by molar-refractivity contribution is 5.97. The number of rotatable bonds is 10. The van der Waals surface area contributed by atoms with Crippen LogP contribution in [0.5, 0.6) is 0 Å². The van der Waals surface area contributed by atoms with E-state index in [0.717, 1.165) is 29.5 Å². The molecule has 0 saturated heterocycles. The second kappa shape index (κ2) is 11.5. The van der Waals surface area contributed by atoms with Gasteiger partial charge in [-0.05, 0) is 51.4 Å². The third-order valence-corrected chi connectivity index (χ3v) is 8.08. The lowest BCUT2D eigenvalue weighted by Crippen LogP contribution is -2.27. The van der Waals surface area contributed by atoms with Crippen molar-refractivity contribution in [3.63, 3.8) is 0 Å². The van der Waals surface area contributed by atoms with Crippen LogP contribution in [0.4, 0.5) is 0 Å². The minimum Gasteiger partial charge on any atom is -0.461 e. The molecule has 204 valence electrons. The molecular weight excluding hydrogens is 506 g/mol. The molecule has 5 aromatic carbocycles. The van der Waals surface area contributed by atoms with Gasteiger partial charge in [0.15, 0.2) is 5.78 Å². The molecule has 2 N–H and O–H groups in total. The SMILES string of the molecule is N[C@]1(Cc2ccc3ccccc3c2)C[C@H]1c1ccc(CC(=O)c2ccc(CC(=O)OCc3ccccc3)cc2)cc1. The summed E-state index contributed by atoms with van der Waals surface area (Å²) in [6.07, 6.45) is 2.31. The van der Waals surface area contributed by atoms with Gasteiger partial charge in [0, 0.05) is 23.4 Å². The summed E-state index contributed by atoms with van der Waals surface area (Å²) in [6, 6.07) is 40.2. The van der Waals surface area contributed by atoms with Crippen molar-refractivity contribution in [2.75, 3.05) is 0 Å². The lowest BCUT2D eigenvalue weighted by atomic mass is 9.96. The molecular formula is C37H33NO3. The van der Waals surface area contributed by atoms with Crippen molar-refractivity contribution < 1.29 is 14.3 Å². The van der Waals surface area contributed by atoms with E-state index in [0.29, 0.717) is 17.9 Å². The minimum absolute atomic E-state index is 0.0480. The summed E-state index contributed by atoms with van der Waals surface area (Å²) in [5, 5.41) is 2.49. The van der Waals surface area contributed by atoms with Gasteiger partial charge < -0.3 is 10.5 Å². The van der Waals surface area contributed by atoms with Crippen molar-refractivity contribution in [1.29, 1.82) is 0 Å². The number of hydrogen-bond donors (Lipinski definition) is 1. The van der Waals surface area contributed by atoms with Crippen LogP contribution in [0.2, 0.25) is 0 Å². The van der Waals surface area contributed by atoms with Gasteiger partial charge in [0.1, 0.15) is 6.61 Å². The number of esters is 1. The normalized spacial score (nSPS) is 17.7. The van der Waals surface area contributed by atoms with Crippen molar-refractivity contribution in [2.24, 2.45) is 5.73 Å². The standard InChI is InChI=1S/C37H33NO3/c38-37(23-29-14-15-30-8-4-5-9-33(30)20-29)24-34(37)31-16-10-26(11-17-31)21-35(39)32-18-12-27(13-19-32)22-36(40)41-25-28-6-2-1-3-7-28/h1-20,34H,21-25,38H2/t34-,37+/m0/s1. The van der Waals surface area contributed by atoms with E-state index in [1.54, 1.807) is 12.1 Å². The van der Waals surface area contributed by atoms with Gasteiger partial charge in [0.25, 0.3) is 0 Å². The highest BCUT2D eigenvalue weighted by Crippen LogP contribution is 2.51. The van der Waals surface area contributed by atoms with Crippen LogP contribution in [-0.4, -0.2) is 17.3 Å². The Morgan fingerprint density at radius 1 is 0.683 bits per heavy atom. The molecule has 0 amide bonds. The topological polar surface area (TPSA) is 69.4 Å². The Bertz CT molecular complexity index is 1680. The van der Waals surface area contributed by atoms with E-state index in [9.17, 15) is 9.59 Å². The van der Waals surface area contributed by atoms with Gasteiger partial charge in [-0.3, -0.25) is 9.59 Å². The van der Waals surface area contributed by atoms with Gasteiger partial charge >= 0.3 is 5.97 Å². The second-order valence-corrected chi connectivity index (χ2v) is 11.2. The fraction of sp³-hybridized carbons (Fsp3) is 0.189. The summed E-state index contributed by atoms with van der Waals surface area (Å²) in [5.41, 5.74) is 12.5. The molecule has 1 fully saturated rings. The van der Waals surface area contributed by atoms with E-state index in [4.69, 9.17) is 10.5 Å². The number of nitrogens with two attached hydrogens (primary N) is 1. The monoisotopic (exact) mass is 539 g/mol. The number of ether oxygens (including phenoxy) is 1. The van der Waals surface area contributed by atoms with Crippen molar-refractivity contribution in [1.82, 2.24) is 0 Å². The molecule has 41 heavy (non-hydrogen) atoms. The molecule has 0 heterocycles. The van der Waals surface area contributed by atoms with Gasteiger partial charge in [0.05, 0.1) is 6.42 Å². The molecule has 0 aromatic heterocycles. The van der Waals surface area contributed by atoms with E-state index in [2.05, 4.69) is 54.6 Å². The maximum Gasteiger partial charge on any atom is 0.310 e. The third-order valence-electron chi connectivity index (χ3n) is 8.08. The van der Waals surface area contributed by atoms with E-state index in [1.807, 2.05) is 54.6 Å². The Morgan fingerprint density at radius 3 is 2.07 bits per heavy atom. The molecule has 0 spiro atoms. The zero-order valence-corrected chi connectivity index (χ0v) is 23.0. The van der Waals surface area contributed by atoms with E-state index >= 15 is 0 Å². The lowest BCUT2D eigenvalue weighted by Gasteiger charge is -2.13. The summed E-state index contributed by atoms with van der Waals surface area (Å²) in [5.74, 6) is 0.0833. The Morgan fingerprint density at radius 2 is 1.32 bits per heavy atom. The van der Waals surface area contributed by atoms with Gasteiger partial charge in [-0.1, -0.05) is 121 Å². The molecule has 2 atom stereocenters. The number of fused-ring (bicyclic) bond motifs is 1. The number of carbonyl (C=O) groups is 2. The summed E-state index contributed by atoms with van der Waals surface area (Å²) in [4.78, 5) is 25.1. The van der Waals surface area contributed by atoms with Gasteiger partial charge in [0.2, 0.25) is 0 Å². The maximum atomic E-state index is 12.9. The second-order valence-electron chi connectivity index (χ2n) is 11.2. The zero-order valence-electron chi connectivity index (χ0n) is 23.0. The quantitative estimate of drug-likeness (QED) is 0.154. The first kappa shape index (κ1) is 26.7. The van der Waals surface area contributed by atoms with Crippen LogP contribution in [-0.2, 0) is 35.4 Å². The predicted molar refractivity (Wildman–Crippen MR) is 163 cm³/mol. The van der Waals surface area contributed by atoms with Crippen LogP contribution in [0.3, 0.4) is 0 Å². The molecule has 1 saturated carbocycles. The average Bonchev–Trinajstić information content (AvgIpc) is 3.67. The van der Waals surface area contributed by atoms with Crippen LogP contribution in [0.1, 0.15) is 50.5 Å². The Labute approximate surface area is 240 Å². The first-order valence-electron chi connectivity index (χ1n) is 14.1. The van der Waals surface area contributed by atoms with Gasteiger partial charge in [-0.25, -0.2) is 0 Å². The summed E-state index contributed by atoms with van der Waals surface area (Å²) < 4.78 is 5.36. The first-order valence-corrected chi connectivity index (χ1v) is 14.1. The van der Waals surface area contributed by atoms with E-state index in [1.165, 1.54) is 21.9 Å².